The zero-order valence-corrected chi connectivity index (χ0v) is 15.2. The smallest absolute Gasteiger partial charge is 0.245 e. The molecule has 3 aromatic carbocycles. The summed E-state index contributed by atoms with van der Waals surface area (Å²) in [5.41, 5.74) is 5.30. The average Bonchev–Trinajstić information content (AvgIpc) is 3.00. The number of nitrogens with zero attached hydrogens (tertiary/aromatic N) is 1. The molecule has 1 aliphatic heterocycles. The van der Waals surface area contributed by atoms with E-state index in [0.717, 1.165) is 22.4 Å². The number of hydrogen-bond acceptors (Lipinski definition) is 3. The first-order valence-corrected chi connectivity index (χ1v) is 9.68. The Kier molecular flexibility index (Phi) is 4.75. The number of nitrogens with one attached hydrogen (secondary N) is 1. The standard InChI is InChI=1S/C21H18N2O3S/c24-21(22-25)14-19-18-12-11-16(15-7-3-1-4-8-15)13-20(18)27(26)23(19)17-9-5-2-6-10-17/h1-13,19,25H,14H2,(H,22,24). The van der Waals surface area contributed by atoms with E-state index < -0.39 is 22.9 Å². The Labute approximate surface area is 159 Å². The van der Waals surface area contributed by atoms with Crippen LogP contribution in [0.3, 0.4) is 0 Å². The van der Waals surface area contributed by atoms with Crippen LogP contribution in [0.1, 0.15) is 18.0 Å². The van der Waals surface area contributed by atoms with Crippen molar-refractivity contribution in [2.24, 2.45) is 0 Å². The predicted molar refractivity (Wildman–Crippen MR) is 104 cm³/mol. The largest absolute Gasteiger partial charge is 0.289 e. The van der Waals surface area contributed by atoms with Crippen LogP contribution in [0.5, 0.6) is 0 Å². The van der Waals surface area contributed by atoms with Crippen molar-refractivity contribution in [2.45, 2.75) is 17.4 Å². The molecule has 4 rings (SSSR count). The summed E-state index contributed by atoms with van der Waals surface area (Å²) in [4.78, 5) is 12.6. The highest BCUT2D eigenvalue weighted by Crippen LogP contribution is 2.43. The van der Waals surface area contributed by atoms with E-state index in [0.29, 0.717) is 4.90 Å². The predicted octanol–water partition coefficient (Wildman–Crippen LogP) is 3.83. The summed E-state index contributed by atoms with van der Waals surface area (Å²) in [7, 11) is -1.45. The molecule has 0 spiro atoms. The Hall–Kier alpha value is -2.96. The van der Waals surface area contributed by atoms with Gasteiger partial charge in [0.05, 0.1) is 23.0 Å². The summed E-state index contributed by atoms with van der Waals surface area (Å²) in [5, 5.41) is 8.96. The molecule has 0 aromatic heterocycles. The number of rotatable bonds is 4. The van der Waals surface area contributed by atoms with Gasteiger partial charge in [-0.15, -0.1) is 0 Å². The zero-order valence-electron chi connectivity index (χ0n) is 14.4. The van der Waals surface area contributed by atoms with Crippen LogP contribution in [0, 0.1) is 0 Å². The third kappa shape index (κ3) is 3.25. The van der Waals surface area contributed by atoms with Gasteiger partial charge in [0.25, 0.3) is 0 Å². The van der Waals surface area contributed by atoms with Crippen molar-refractivity contribution in [3.8, 4) is 11.1 Å². The summed E-state index contributed by atoms with van der Waals surface area (Å²) < 4.78 is 15.0. The second-order valence-corrected chi connectivity index (χ2v) is 7.62. The maximum atomic E-state index is 13.3. The van der Waals surface area contributed by atoms with Gasteiger partial charge in [-0.05, 0) is 34.9 Å². The van der Waals surface area contributed by atoms with Gasteiger partial charge in [-0.3, -0.25) is 14.3 Å². The van der Waals surface area contributed by atoms with Gasteiger partial charge in [0.1, 0.15) is 0 Å². The van der Waals surface area contributed by atoms with Gasteiger partial charge in [-0.2, -0.15) is 0 Å². The summed E-state index contributed by atoms with van der Waals surface area (Å²) in [6, 6.07) is 24.7. The maximum absolute atomic E-state index is 13.3. The lowest BCUT2D eigenvalue weighted by Gasteiger charge is -2.24. The molecular weight excluding hydrogens is 360 g/mol. The van der Waals surface area contributed by atoms with Crippen LogP contribution in [-0.2, 0) is 15.8 Å². The van der Waals surface area contributed by atoms with Crippen LogP contribution in [0.25, 0.3) is 11.1 Å². The number of fused-ring (bicyclic) bond motifs is 1. The van der Waals surface area contributed by atoms with Gasteiger partial charge in [0.2, 0.25) is 5.91 Å². The lowest BCUT2D eigenvalue weighted by molar-refractivity contribution is -0.129. The molecule has 3 aromatic rings. The van der Waals surface area contributed by atoms with Crippen LogP contribution in [0.2, 0.25) is 0 Å². The first-order valence-electron chi connectivity index (χ1n) is 8.57. The van der Waals surface area contributed by atoms with Crippen LogP contribution in [-0.4, -0.2) is 15.3 Å². The van der Waals surface area contributed by atoms with Crippen LogP contribution in [0.15, 0.2) is 83.8 Å². The summed E-state index contributed by atoms with van der Waals surface area (Å²) >= 11 is 0. The van der Waals surface area contributed by atoms with Gasteiger partial charge in [-0.25, -0.2) is 9.69 Å². The Morgan fingerprint density at radius 1 is 0.963 bits per heavy atom. The van der Waals surface area contributed by atoms with Gasteiger partial charge < -0.3 is 0 Å². The Morgan fingerprint density at radius 3 is 2.30 bits per heavy atom. The van der Waals surface area contributed by atoms with E-state index in [1.54, 1.807) is 9.79 Å². The second-order valence-electron chi connectivity index (χ2n) is 6.28. The fraction of sp³-hybridized carbons (Fsp3) is 0.0952. The summed E-state index contributed by atoms with van der Waals surface area (Å²) in [6.07, 6.45) is 0.00875. The van der Waals surface area contributed by atoms with Crippen molar-refractivity contribution in [3.05, 3.63) is 84.4 Å². The number of carbonyl (C=O) groups is 1. The Balaban J connectivity index is 1.80. The third-order valence-corrected chi connectivity index (χ3v) is 6.20. The van der Waals surface area contributed by atoms with Gasteiger partial charge in [-0.1, -0.05) is 60.7 Å². The molecule has 1 heterocycles. The zero-order chi connectivity index (χ0) is 18.8. The minimum absolute atomic E-state index is 0.00875. The number of benzene rings is 3. The maximum Gasteiger partial charge on any atom is 0.245 e. The number of amides is 1. The van der Waals surface area contributed by atoms with Gasteiger partial charge in [0, 0.05) is 0 Å². The Bertz CT molecular complexity index is 993. The monoisotopic (exact) mass is 378 g/mol. The van der Waals surface area contributed by atoms with Crippen molar-refractivity contribution < 1.29 is 14.2 Å². The molecule has 2 N–H and O–H groups in total. The highest BCUT2D eigenvalue weighted by Gasteiger charge is 2.38. The van der Waals surface area contributed by atoms with E-state index in [9.17, 15) is 9.00 Å². The highest BCUT2D eigenvalue weighted by atomic mass is 32.2. The number of hydroxylamine groups is 1. The topological polar surface area (TPSA) is 69.6 Å². The van der Waals surface area contributed by atoms with E-state index in [1.807, 2.05) is 78.9 Å². The fourth-order valence-corrected chi connectivity index (χ4v) is 4.96. The molecule has 0 aliphatic carbocycles. The first kappa shape index (κ1) is 17.5. The minimum Gasteiger partial charge on any atom is -0.289 e. The normalized spacial score (nSPS) is 18.2. The highest BCUT2D eigenvalue weighted by molar-refractivity contribution is 7.87. The van der Waals surface area contributed by atoms with Crippen molar-refractivity contribution in [3.63, 3.8) is 0 Å². The van der Waals surface area contributed by atoms with E-state index in [1.165, 1.54) is 0 Å². The van der Waals surface area contributed by atoms with E-state index in [2.05, 4.69) is 0 Å². The molecule has 27 heavy (non-hydrogen) atoms. The van der Waals surface area contributed by atoms with Crippen LogP contribution >= 0.6 is 0 Å². The summed E-state index contributed by atoms with van der Waals surface area (Å²) in [5.74, 6) is -0.516. The SMILES string of the molecule is O=C(CC1c2ccc(-c3ccccc3)cc2S(=O)N1c1ccccc1)NO. The van der Waals surface area contributed by atoms with Gasteiger partial charge >= 0.3 is 0 Å². The lowest BCUT2D eigenvalue weighted by atomic mass is 9.98. The molecular formula is C21H18N2O3S. The van der Waals surface area contributed by atoms with Crippen LogP contribution in [0.4, 0.5) is 5.69 Å². The van der Waals surface area contributed by atoms with E-state index >= 15 is 0 Å². The number of hydrogen-bond donors (Lipinski definition) is 2. The van der Waals surface area contributed by atoms with Crippen molar-refractivity contribution in [2.75, 3.05) is 4.31 Å². The molecule has 2 atom stereocenters. The molecule has 5 nitrogen and oxygen atoms in total. The molecule has 0 radical (unpaired) electrons. The number of para-hydroxylation sites is 1. The number of carbonyl (C=O) groups excluding carboxylic acids is 1. The molecule has 0 saturated heterocycles. The fourth-order valence-electron chi connectivity index (χ4n) is 3.38. The average molecular weight is 378 g/mol. The Morgan fingerprint density at radius 2 is 1.63 bits per heavy atom. The van der Waals surface area contributed by atoms with E-state index in [-0.39, 0.29) is 6.42 Å². The van der Waals surface area contributed by atoms with Crippen LogP contribution < -0.4 is 9.79 Å². The third-order valence-electron chi connectivity index (χ3n) is 4.64. The molecule has 0 bridgehead atoms. The second kappa shape index (κ2) is 7.34. The van der Waals surface area contributed by atoms with Crippen molar-refractivity contribution in [1.29, 1.82) is 0 Å². The van der Waals surface area contributed by atoms with Gasteiger partial charge in [0.15, 0.2) is 11.0 Å². The van der Waals surface area contributed by atoms with E-state index in [4.69, 9.17) is 5.21 Å². The number of anilines is 1. The molecule has 136 valence electrons. The lowest BCUT2D eigenvalue weighted by Crippen LogP contribution is -2.29. The first-order chi connectivity index (χ1) is 13.2. The molecule has 1 aliphatic rings. The molecule has 2 unspecified atom stereocenters. The minimum atomic E-state index is -1.45. The quantitative estimate of drug-likeness (QED) is 0.535. The molecule has 0 saturated carbocycles. The molecule has 6 heteroatoms. The summed E-state index contributed by atoms with van der Waals surface area (Å²) in [6.45, 7) is 0. The molecule has 0 fully saturated rings. The van der Waals surface area contributed by atoms with Crippen molar-refractivity contribution >= 4 is 22.6 Å². The van der Waals surface area contributed by atoms with Crippen molar-refractivity contribution in [1.82, 2.24) is 5.48 Å². The molecule has 1 amide bonds.